The van der Waals surface area contributed by atoms with Crippen molar-refractivity contribution in [3.05, 3.63) is 66.8 Å². The fourth-order valence-corrected chi connectivity index (χ4v) is 4.02. The second kappa shape index (κ2) is 6.67. The van der Waals surface area contributed by atoms with Gasteiger partial charge in [0, 0.05) is 10.0 Å². The summed E-state index contributed by atoms with van der Waals surface area (Å²) in [6.07, 6.45) is 3.34. The summed E-state index contributed by atoms with van der Waals surface area (Å²) >= 11 is 36.6. The number of benzene rings is 2. The van der Waals surface area contributed by atoms with Crippen LogP contribution in [0.3, 0.4) is 0 Å². The zero-order chi connectivity index (χ0) is 16.7. The standard InChI is InChI=1S/C14H6Cl6N3/c15-7-3-9(17)13(10(18)4-7)22-1-2-23(21-22)14-11(19)5-8(16)6-12(14)20/h1-6H/q+1. The van der Waals surface area contributed by atoms with Crippen molar-refractivity contribution < 1.29 is 4.68 Å². The smallest absolute Gasteiger partial charge is 0.0987 e. The predicted octanol–water partition coefficient (Wildman–Crippen LogP) is 6.07. The van der Waals surface area contributed by atoms with E-state index in [4.69, 9.17) is 69.6 Å². The highest BCUT2D eigenvalue weighted by atomic mass is 35.5. The fraction of sp³-hybridized carbons (Fsp3) is 0. The first-order chi connectivity index (χ1) is 10.9. The van der Waals surface area contributed by atoms with Gasteiger partial charge >= 0.3 is 0 Å². The van der Waals surface area contributed by atoms with Crippen molar-refractivity contribution in [2.45, 2.75) is 0 Å². The third-order valence-corrected chi connectivity index (χ3v) is 4.55. The maximum atomic E-state index is 6.20. The summed E-state index contributed by atoms with van der Waals surface area (Å²) in [5, 5.41) is 6.70. The minimum atomic E-state index is 0.367. The number of aromatic nitrogens is 3. The molecular formula is C14H6Cl6N3+. The molecule has 0 aliphatic carbocycles. The van der Waals surface area contributed by atoms with Crippen LogP contribution in [-0.2, 0) is 0 Å². The topological polar surface area (TPSA) is 21.7 Å². The molecule has 3 aromatic rings. The molecular weight excluding hydrogens is 423 g/mol. The SMILES string of the molecule is Clc1cc(Cl)c(-n2cc[n+](-c3c(Cl)cc(Cl)cc3Cl)n2)c(Cl)c1. The Labute approximate surface area is 161 Å². The Morgan fingerprint density at radius 3 is 1.74 bits per heavy atom. The second-order valence-corrected chi connectivity index (χ2v) is 7.01. The van der Waals surface area contributed by atoms with E-state index in [1.807, 2.05) is 0 Å². The van der Waals surface area contributed by atoms with Crippen molar-refractivity contribution in [1.82, 2.24) is 9.90 Å². The summed E-state index contributed by atoms with van der Waals surface area (Å²) in [5.74, 6) is 0. The highest BCUT2D eigenvalue weighted by Gasteiger charge is 2.21. The molecule has 9 heteroatoms. The molecule has 0 bridgehead atoms. The lowest BCUT2D eigenvalue weighted by Gasteiger charge is -2.03. The lowest BCUT2D eigenvalue weighted by Crippen LogP contribution is -2.34. The molecule has 0 saturated heterocycles. The number of halogens is 6. The number of hydrogen-bond acceptors (Lipinski definition) is 1. The molecule has 0 N–H and O–H groups in total. The van der Waals surface area contributed by atoms with Gasteiger partial charge in [0.15, 0.2) is 23.8 Å². The van der Waals surface area contributed by atoms with Gasteiger partial charge in [-0.25, -0.2) is 0 Å². The molecule has 0 unspecified atom stereocenters. The van der Waals surface area contributed by atoms with Crippen LogP contribution in [0, 0.1) is 0 Å². The minimum absolute atomic E-state index is 0.367. The largest absolute Gasteiger partial charge is 0.192 e. The summed E-state index contributed by atoms with van der Waals surface area (Å²) in [5.41, 5.74) is 0.996. The fourth-order valence-electron chi connectivity index (χ4n) is 2.04. The van der Waals surface area contributed by atoms with E-state index in [2.05, 4.69) is 5.21 Å². The van der Waals surface area contributed by atoms with Crippen LogP contribution in [0.4, 0.5) is 0 Å². The molecule has 1 aromatic heterocycles. The van der Waals surface area contributed by atoms with E-state index in [1.54, 1.807) is 36.7 Å². The van der Waals surface area contributed by atoms with Gasteiger partial charge in [0.05, 0.1) is 20.1 Å². The normalized spacial score (nSPS) is 11.0. The Balaban J connectivity index is 2.13. The summed E-state index contributed by atoms with van der Waals surface area (Å²) in [7, 11) is 0. The van der Waals surface area contributed by atoms with Gasteiger partial charge in [-0.2, -0.15) is 0 Å². The molecule has 1 heterocycles. The van der Waals surface area contributed by atoms with Crippen LogP contribution >= 0.6 is 69.6 Å². The van der Waals surface area contributed by atoms with E-state index in [0.717, 1.165) is 0 Å². The van der Waals surface area contributed by atoms with Crippen molar-refractivity contribution in [2.75, 3.05) is 0 Å². The average Bonchev–Trinajstić information content (AvgIpc) is 2.85. The van der Waals surface area contributed by atoms with Gasteiger partial charge < -0.3 is 0 Å². The van der Waals surface area contributed by atoms with E-state index >= 15 is 0 Å². The highest BCUT2D eigenvalue weighted by molar-refractivity contribution is 6.41. The number of rotatable bonds is 2. The molecule has 0 saturated carbocycles. The number of hydrogen-bond donors (Lipinski definition) is 0. The van der Waals surface area contributed by atoms with Gasteiger partial charge in [-0.3, -0.25) is 0 Å². The van der Waals surface area contributed by atoms with Crippen LogP contribution in [0.1, 0.15) is 0 Å². The van der Waals surface area contributed by atoms with Crippen LogP contribution in [-0.4, -0.2) is 9.90 Å². The molecule has 0 fully saturated rings. The third kappa shape index (κ3) is 3.41. The molecule has 2 aromatic carbocycles. The predicted molar refractivity (Wildman–Crippen MR) is 95.2 cm³/mol. The van der Waals surface area contributed by atoms with Crippen molar-refractivity contribution in [2.24, 2.45) is 0 Å². The Morgan fingerprint density at radius 2 is 1.22 bits per heavy atom. The first kappa shape index (κ1) is 17.2. The van der Waals surface area contributed by atoms with E-state index < -0.39 is 0 Å². The molecule has 0 aliphatic rings. The first-order valence-corrected chi connectivity index (χ1v) is 8.41. The first-order valence-electron chi connectivity index (χ1n) is 6.14. The second-order valence-electron chi connectivity index (χ2n) is 4.51. The lowest BCUT2D eigenvalue weighted by molar-refractivity contribution is -0.660. The van der Waals surface area contributed by atoms with Crippen LogP contribution in [0.5, 0.6) is 0 Å². The summed E-state index contributed by atoms with van der Waals surface area (Å²) in [4.78, 5) is 0. The van der Waals surface area contributed by atoms with E-state index in [1.165, 1.54) is 9.36 Å². The zero-order valence-electron chi connectivity index (χ0n) is 11.1. The van der Waals surface area contributed by atoms with Crippen LogP contribution in [0.2, 0.25) is 30.1 Å². The maximum Gasteiger partial charge on any atom is 0.192 e. The highest BCUT2D eigenvalue weighted by Crippen LogP contribution is 2.32. The van der Waals surface area contributed by atoms with Gasteiger partial charge in [-0.05, 0) is 24.3 Å². The average molecular weight is 429 g/mol. The van der Waals surface area contributed by atoms with Crippen molar-refractivity contribution >= 4 is 69.6 Å². The number of nitrogens with zero attached hydrogens (tertiary/aromatic N) is 3. The van der Waals surface area contributed by atoms with Crippen molar-refractivity contribution in [1.29, 1.82) is 0 Å². The Hall–Kier alpha value is -0.680. The molecule has 0 atom stereocenters. The molecule has 0 amide bonds. The lowest BCUT2D eigenvalue weighted by atomic mass is 10.3. The third-order valence-electron chi connectivity index (χ3n) is 2.96. The molecule has 3 rings (SSSR count). The van der Waals surface area contributed by atoms with Crippen LogP contribution in [0.15, 0.2) is 36.7 Å². The zero-order valence-corrected chi connectivity index (χ0v) is 15.6. The van der Waals surface area contributed by atoms with E-state index in [9.17, 15) is 0 Å². The van der Waals surface area contributed by atoms with E-state index in [0.29, 0.717) is 41.5 Å². The Bertz CT molecular complexity index is 787. The van der Waals surface area contributed by atoms with Gasteiger partial charge in [0.1, 0.15) is 5.21 Å². The molecule has 118 valence electrons. The van der Waals surface area contributed by atoms with Gasteiger partial charge in [-0.15, -0.1) is 0 Å². The molecule has 0 radical (unpaired) electrons. The summed E-state index contributed by atoms with van der Waals surface area (Å²) in [6.45, 7) is 0. The molecule has 3 nitrogen and oxygen atoms in total. The Morgan fingerprint density at radius 1 is 0.739 bits per heavy atom. The monoisotopic (exact) mass is 426 g/mol. The molecule has 0 aliphatic heterocycles. The summed E-state index contributed by atoms with van der Waals surface area (Å²) < 4.78 is 3.00. The quantitative estimate of drug-likeness (QED) is 0.454. The summed E-state index contributed by atoms with van der Waals surface area (Å²) in [6, 6.07) is 6.33. The molecule has 0 spiro atoms. The van der Waals surface area contributed by atoms with Gasteiger partial charge in [-0.1, -0.05) is 79.0 Å². The minimum Gasteiger partial charge on any atom is -0.0987 e. The van der Waals surface area contributed by atoms with E-state index in [-0.39, 0.29) is 0 Å². The van der Waals surface area contributed by atoms with Crippen molar-refractivity contribution in [3.63, 3.8) is 0 Å². The molecule has 23 heavy (non-hydrogen) atoms. The van der Waals surface area contributed by atoms with Gasteiger partial charge in [0.2, 0.25) is 0 Å². The van der Waals surface area contributed by atoms with Gasteiger partial charge in [0.25, 0.3) is 0 Å². The maximum absolute atomic E-state index is 6.20. The van der Waals surface area contributed by atoms with Crippen molar-refractivity contribution in [3.8, 4) is 11.4 Å². The van der Waals surface area contributed by atoms with Crippen LogP contribution in [0.25, 0.3) is 11.4 Å². The van der Waals surface area contributed by atoms with Crippen LogP contribution < -0.4 is 4.68 Å². The Kier molecular flexibility index (Phi) is 4.98.